The molecule has 4 aromatic carbocycles. The van der Waals surface area contributed by atoms with Crippen molar-refractivity contribution in [2.75, 3.05) is 0 Å². The second-order valence-corrected chi connectivity index (χ2v) is 7.42. The lowest BCUT2D eigenvalue weighted by Gasteiger charge is -2.38. The second kappa shape index (κ2) is 7.06. The van der Waals surface area contributed by atoms with Crippen molar-refractivity contribution in [2.24, 2.45) is 0 Å². The van der Waals surface area contributed by atoms with Crippen LogP contribution in [0, 0.1) is 6.92 Å². The number of aryl methyl sites for hydroxylation is 1. The molecular formula is C27H22N2. The molecule has 2 heteroatoms. The zero-order valence-electron chi connectivity index (χ0n) is 16.4. The summed E-state index contributed by atoms with van der Waals surface area (Å²) in [5, 5.41) is 0. The maximum absolute atomic E-state index is 4.78. The molecule has 0 bridgehead atoms. The van der Waals surface area contributed by atoms with Crippen molar-refractivity contribution in [1.29, 1.82) is 0 Å². The van der Waals surface area contributed by atoms with Crippen LogP contribution in [0.4, 0.5) is 0 Å². The Morgan fingerprint density at radius 2 is 1.10 bits per heavy atom. The predicted octanol–water partition coefficient (Wildman–Crippen LogP) is 6.18. The summed E-state index contributed by atoms with van der Waals surface area (Å²) < 4.78 is 2.32. The van der Waals surface area contributed by atoms with Gasteiger partial charge in [0.1, 0.15) is 5.54 Å². The Bertz CT molecular complexity index is 1140. The third-order valence-corrected chi connectivity index (χ3v) is 5.64. The van der Waals surface area contributed by atoms with Gasteiger partial charge < -0.3 is 4.57 Å². The smallest absolute Gasteiger partial charge is 0.122 e. The highest BCUT2D eigenvalue weighted by Crippen LogP contribution is 2.42. The van der Waals surface area contributed by atoms with Gasteiger partial charge >= 0.3 is 0 Å². The quantitative estimate of drug-likeness (QED) is 0.343. The molecule has 0 saturated carbocycles. The number of nitrogens with zero attached hydrogens (tertiary/aromatic N) is 2. The van der Waals surface area contributed by atoms with E-state index in [1.54, 1.807) is 0 Å². The number of fused-ring (bicyclic) bond motifs is 1. The van der Waals surface area contributed by atoms with E-state index in [1.807, 2.05) is 6.33 Å². The molecular weight excluding hydrogens is 352 g/mol. The van der Waals surface area contributed by atoms with Crippen LogP contribution in [0.2, 0.25) is 0 Å². The first-order chi connectivity index (χ1) is 14.3. The number of rotatable bonds is 4. The molecule has 5 rings (SSSR count). The highest BCUT2D eigenvalue weighted by Gasteiger charge is 2.39. The fraction of sp³-hybridized carbons (Fsp3) is 0.0741. The summed E-state index contributed by atoms with van der Waals surface area (Å²) in [5.74, 6) is 0. The van der Waals surface area contributed by atoms with Gasteiger partial charge in [0.25, 0.3) is 0 Å². The van der Waals surface area contributed by atoms with Gasteiger partial charge in [-0.3, -0.25) is 0 Å². The molecule has 2 nitrogen and oxygen atoms in total. The van der Waals surface area contributed by atoms with E-state index in [2.05, 4.69) is 121 Å². The van der Waals surface area contributed by atoms with Crippen LogP contribution in [-0.4, -0.2) is 9.55 Å². The zero-order chi connectivity index (χ0) is 19.7. The van der Waals surface area contributed by atoms with E-state index < -0.39 is 5.54 Å². The van der Waals surface area contributed by atoms with Crippen LogP contribution < -0.4 is 0 Å². The number of imidazole rings is 1. The first-order valence-electron chi connectivity index (χ1n) is 9.91. The van der Waals surface area contributed by atoms with Gasteiger partial charge in [-0.15, -0.1) is 0 Å². The van der Waals surface area contributed by atoms with E-state index in [1.165, 1.54) is 22.3 Å². The molecule has 0 unspecified atom stereocenters. The molecule has 1 aromatic heterocycles. The SMILES string of the molecule is Cc1ccc2c(c1)ncn2C(c1ccccc1)(c1ccccc1)c1ccccc1. The Hall–Kier alpha value is -3.65. The summed E-state index contributed by atoms with van der Waals surface area (Å²) in [7, 11) is 0. The molecule has 1 heterocycles. The predicted molar refractivity (Wildman–Crippen MR) is 119 cm³/mol. The summed E-state index contributed by atoms with van der Waals surface area (Å²) >= 11 is 0. The van der Waals surface area contributed by atoms with E-state index in [0.717, 1.165) is 11.0 Å². The average molecular weight is 374 g/mol. The third kappa shape index (κ3) is 2.76. The summed E-state index contributed by atoms with van der Waals surface area (Å²) in [4.78, 5) is 4.78. The average Bonchev–Trinajstić information content (AvgIpc) is 3.20. The minimum absolute atomic E-state index is 0.520. The Kier molecular flexibility index (Phi) is 4.25. The molecule has 0 spiro atoms. The second-order valence-electron chi connectivity index (χ2n) is 7.42. The molecule has 0 radical (unpaired) electrons. The van der Waals surface area contributed by atoms with E-state index in [9.17, 15) is 0 Å². The van der Waals surface area contributed by atoms with Crippen LogP contribution in [0.5, 0.6) is 0 Å². The fourth-order valence-corrected chi connectivity index (χ4v) is 4.35. The zero-order valence-corrected chi connectivity index (χ0v) is 16.4. The maximum Gasteiger partial charge on any atom is 0.122 e. The number of hydrogen-bond donors (Lipinski definition) is 0. The Morgan fingerprint density at radius 3 is 1.59 bits per heavy atom. The van der Waals surface area contributed by atoms with Gasteiger partial charge in [0.15, 0.2) is 0 Å². The van der Waals surface area contributed by atoms with Gasteiger partial charge in [0.05, 0.1) is 17.4 Å². The Balaban J connectivity index is 1.95. The van der Waals surface area contributed by atoms with Crippen LogP contribution in [0.3, 0.4) is 0 Å². The number of aromatic nitrogens is 2. The van der Waals surface area contributed by atoms with Crippen molar-refractivity contribution in [2.45, 2.75) is 12.5 Å². The van der Waals surface area contributed by atoms with Gasteiger partial charge in [0, 0.05) is 0 Å². The Labute approximate surface area is 171 Å². The van der Waals surface area contributed by atoms with Crippen LogP contribution in [-0.2, 0) is 5.54 Å². The highest BCUT2D eigenvalue weighted by molar-refractivity contribution is 5.77. The standard InChI is InChI=1S/C27H22N2/c1-21-17-18-26-25(19-21)28-20-29(26)27(22-11-5-2-6-12-22,23-13-7-3-8-14-23)24-15-9-4-10-16-24/h2-20H,1H3. The normalized spacial score (nSPS) is 11.6. The molecule has 0 saturated heterocycles. The lowest BCUT2D eigenvalue weighted by atomic mass is 9.76. The molecule has 0 N–H and O–H groups in total. The monoisotopic (exact) mass is 374 g/mol. The molecule has 140 valence electrons. The van der Waals surface area contributed by atoms with Crippen molar-refractivity contribution >= 4 is 11.0 Å². The molecule has 0 aliphatic carbocycles. The van der Waals surface area contributed by atoms with Crippen molar-refractivity contribution in [3.63, 3.8) is 0 Å². The highest BCUT2D eigenvalue weighted by atomic mass is 15.1. The molecule has 0 fully saturated rings. The molecule has 0 atom stereocenters. The first-order valence-corrected chi connectivity index (χ1v) is 9.91. The minimum Gasteiger partial charge on any atom is -0.312 e. The molecule has 5 aromatic rings. The summed E-state index contributed by atoms with van der Waals surface area (Å²) in [5.41, 5.74) is 6.44. The minimum atomic E-state index is -0.520. The van der Waals surface area contributed by atoms with E-state index in [4.69, 9.17) is 4.98 Å². The van der Waals surface area contributed by atoms with Crippen LogP contribution >= 0.6 is 0 Å². The third-order valence-electron chi connectivity index (χ3n) is 5.64. The Morgan fingerprint density at radius 1 is 0.621 bits per heavy atom. The van der Waals surface area contributed by atoms with Gasteiger partial charge in [-0.2, -0.15) is 0 Å². The van der Waals surface area contributed by atoms with Crippen LogP contribution in [0.1, 0.15) is 22.3 Å². The summed E-state index contributed by atoms with van der Waals surface area (Å²) in [6.07, 6.45) is 1.98. The van der Waals surface area contributed by atoms with Gasteiger partial charge in [-0.05, 0) is 41.3 Å². The van der Waals surface area contributed by atoms with Gasteiger partial charge in [0.2, 0.25) is 0 Å². The van der Waals surface area contributed by atoms with E-state index in [-0.39, 0.29) is 0 Å². The topological polar surface area (TPSA) is 17.8 Å². The summed E-state index contributed by atoms with van der Waals surface area (Å²) in [6, 6.07) is 38.6. The van der Waals surface area contributed by atoms with Crippen molar-refractivity contribution in [3.8, 4) is 0 Å². The van der Waals surface area contributed by atoms with E-state index in [0.29, 0.717) is 0 Å². The number of hydrogen-bond acceptors (Lipinski definition) is 1. The molecule has 0 aliphatic rings. The van der Waals surface area contributed by atoms with Crippen molar-refractivity contribution < 1.29 is 0 Å². The first kappa shape index (κ1) is 17.4. The molecule has 0 amide bonds. The van der Waals surface area contributed by atoms with Gasteiger partial charge in [-0.25, -0.2) is 4.98 Å². The van der Waals surface area contributed by atoms with E-state index >= 15 is 0 Å². The van der Waals surface area contributed by atoms with Gasteiger partial charge in [-0.1, -0.05) is 97.1 Å². The lowest BCUT2D eigenvalue weighted by Crippen LogP contribution is -2.37. The van der Waals surface area contributed by atoms with Crippen molar-refractivity contribution in [1.82, 2.24) is 9.55 Å². The lowest BCUT2D eigenvalue weighted by molar-refractivity contribution is 0.529. The van der Waals surface area contributed by atoms with Crippen LogP contribution in [0.15, 0.2) is 116 Å². The molecule has 0 aliphatic heterocycles. The number of benzene rings is 4. The maximum atomic E-state index is 4.78. The molecule has 29 heavy (non-hydrogen) atoms. The van der Waals surface area contributed by atoms with Crippen LogP contribution in [0.25, 0.3) is 11.0 Å². The fourth-order valence-electron chi connectivity index (χ4n) is 4.35. The summed E-state index contributed by atoms with van der Waals surface area (Å²) in [6.45, 7) is 2.11. The van der Waals surface area contributed by atoms with Crippen molar-refractivity contribution in [3.05, 3.63) is 138 Å². The largest absolute Gasteiger partial charge is 0.312 e.